The highest BCUT2D eigenvalue weighted by atomic mass is 32.1. The molecule has 1 aliphatic rings. The van der Waals surface area contributed by atoms with E-state index in [-0.39, 0.29) is 5.92 Å². The predicted molar refractivity (Wildman–Crippen MR) is 258 cm³/mol. The zero-order valence-electron chi connectivity index (χ0n) is 33.3. The Morgan fingerprint density at radius 1 is 0.565 bits per heavy atom. The summed E-state index contributed by atoms with van der Waals surface area (Å²) < 4.78 is 14.1. The van der Waals surface area contributed by atoms with Crippen LogP contribution >= 0.6 is 11.3 Å². The van der Waals surface area contributed by atoms with Crippen molar-refractivity contribution < 1.29 is 4.42 Å². The van der Waals surface area contributed by atoms with Gasteiger partial charge in [0.25, 0.3) is 0 Å². The summed E-state index contributed by atoms with van der Waals surface area (Å²) in [5.41, 5.74) is 9.15. The summed E-state index contributed by atoms with van der Waals surface area (Å²) in [4.78, 5) is 10.7. The van der Waals surface area contributed by atoms with Crippen LogP contribution in [0, 0.1) is 0 Å². The van der Waals surface area contributed by atoms with E-state index in [9.17, 15) is 0 Å². The van der Waals surface area contributed by atoms with Crippen LogP contribution < -0.4 is 10.6 Å². The molecule has 0 bridgehead atoms. The SMILES string of the molecule is C1=c2c(n(-c3ccccc3)c3ccccc23)=CCC1c1ccc2c(c1)c1c3ccccc3c3c4ccccc4sc3c1n2-c1nc(-c2ccccc2)nc2c1oc1ccccc12. The van der Waals surface area contributed by atoms with Crippen molar-refractivity contribution in [2.75, 3.05) is 0 Å². The molecule has 0 radical (unpaired) electrons. The lowest BCUT2D eigenvalue weighted by Crippen LogP contribution is -2.31. The van der Waals surface area contributed by atoms with Gasteiger partial charge in [-0.2, -0.15) is 0 Å². The van der Waals surface area contributed by atoms with Crippen LogP contribution in [0.15, 0.2) is 180 Å². The third-order valence-electron chi connectivity index (χ3n) is 13.0. The summed E-state index contributed by atoms with van der Waals surface area (Å²) in [6.45, 7) is 0. The van der Waals surface area contributed by atoms with Gasteiger partial charge in [0.15, 0.2) is 17.2 Å². The Labute approximate surface area is 358 Å². The molecule has 0 saturated heterocycles. The van der Waals surface area contributed by atoms with Crippen LogP contribution in [0.3, 0.4) is 0 Å². The molecule has 13 aromatic rings. The van der Waals surface area contributed by atoms with Gasteiger partial charge in [0.05, 0.1) is 21.3 Å². The molecule has 290 valence electrons. The van der Waals surface area contributed by atoms with Crippen molar-refractivity contribution in [3.8, 4) is 22.9 Å². The molecule has 0 fully saturated rings. The molecule has 6 heteroatoms. The van der Waals surface area contributed by atoms with Crippen molar-refractivity contribution in [1.29, 1.82) is 0 Å². The van der Waals surface area contributed by atoms with Gasteiger partial charge in [-0.05, 0) is 71.3 Å². The number of hydrogen-bond acceptors (Lipinski definition) is 4. The molecule has 14 rings (SSSR count). The fraction of sp³-hybridized carbons (Fsp3) is 0.0357. The second-order valence-electron chi connectivity index (χ2n) is 16.4. The topological polar surface area (TPSA) is 48.8 Å². The minimum absolute atomic E-state index is 0.186. The third-order valence-corrected chi connectivity index (χ3v) is 14.2. The summed E-state index contributed by atoms with van der Waals surface area (Å²) >= 11 is 1.86. The van der Waals surface area contributed by atoms with E-state index < -0.39 is 0 Å². The van der Waals surface area contributed by atoms with Crippen LogP contribution in [0.25, 0.3) is 121 Å². The Bertz CT molecular complexity index is 4140. The van der Waals surface area contributed by atoms with Gasteiger partial charge in [-0.15, -0.1) is 11.3 Å². The molecule has 62 heavy (non-hydrogen) atoms. The van der Waals surface area contributed by atoms with Gasteiger partial charge in [-0.3, -0.25) is 4.57 Å². The summed E-state index contributed by atoms with van der Waals surface area (Å²) in [5.74, 6) is 1.59. The molecular formula is C56H34N4OS. The smallest absolute Gasteiger partial charge is 0.197 e. The van der Waals surface area contributed by atoms with Gasteiger partial charge >= 0.3 is 0 Å². The minimum atomic E-state index is 0.186. The molecule has 1 unspecified atom stereocenters. The Morgan fingerprint density at radius 2 is 1.24 bits per heavy atom. The minimum Gasteiger partial charge on any atom is -0.450 e. The van der Waals surface area contributed by atoms with Crippen LogP contribution in [-0.2, 0) is 0 Å². The van der Waals surface area contributed by atoms with E-state index >= 15 is 0 Å². The average molecular weight is 811 g/mol. The Morgan fingerprint density at radius 3 is 2.08 bits per heavy atom. The fourth-order valence-corrected chi connectivity index (χ4v) is 11.6. The summed E-state index contributed by atoms with van der Waals surface area (Å²) in [5, 5.41) is 12.2. The number of furan rings is 1. The van der Waals surface area contributed by atoms with E-state index in [1.807, 2.05) is 41.7 Å². The molecule has 1 atom stereocenters. The Hall–Kier alpha value is -7.80. The van der Waals surface area contributed by atoms with Gasteiger partial charge in [-0.1, -0.05) is 140 Å². The van der Waals surface area contributed by atoms with E-state index in [1.165, 1.54) is 74.4 Å². The van der Waals surface area contributed by atoms with Crippen LogP contribution in [0.5, 0.6) is 0 Å². The normalized spacial score (nSPS) is 14.2. The summed E-state index contributed by atoms with van der Waals surface area (Å²) in [6, 6.07) is 63.0. The molecule has 0 aliphatic heterocycles. The number of thiophene rings is 1. The molecule has 0 spiro atoms. The number of aromatic nitrogens is 4. The average Bonchev–Trinajstić information content (AvgIpc) is 4.10. The standard InChI is InChI=1S/C56H34N4OS/c1-3-15-33(16-4-1)55-57-51-40-22-10-13-25-47(40)61-53(51)56(58-55)60-46-30-28-35(34-27-29-45-42(31-34)37-19-9-12-24-44(37)59(45)36-17-5-2-6-18-36)32-43(46)49-38-20-7-8-21-39(38)50-41-23-11-14-26-48(41)62-54(50)52(49)60/h1-26,28-32,34H,27H2. The van der Waals surface area contributed by atoms with Gasteiger partial charge in [0, 0.05) is 64.8 Å². The van der Waals surface area contributed by atoms with Crippen LogP contribution in [-0.4, -0.2) is 19.1 Å². The molecule has 0 amide bonds. The van der Waals surface area contributed by atoms with Crippen molar-refractivity contribution in [3.63, 3.8) is 0 Å². The predicted octanol–water partition coefficient (Wildman–Crippen LogP) is 13.4. The van der Waals surface area contributed by atoms with Crippen molar-refractivity contribution in [3.05, 3.63) is 192 Å². The first-order valence-corrected chi connectivity index (χ1v) is 22.0. The second-order valence-corrected chi connectivity index (χ2v) is 17.4. The molecule has 8 aromatic carbocycles. The highest BCUT2D eigenvalue weighted by Gasteiger charge is 2.27. The Balaban J connectivity index is 1.11. The first-order valence-electron chi connectivity index (χ1n) is 21.2. The molecular weight excluding hydrogens is 777 g/mol. The maximum absolute atomic E-state index is 6.82. The van der Waals surface area contributed by atoms with E-state index in [0.29, 0.717) is 11.4 Å². The molecule has 5 nitrogen and oxygen atoms in total. The summed E-state index contributed by atoms with van der Waals surface area (Å²) in [6.07, 6.45) is 5.85. The van der Waals surface area contributed by atoms with Crippen LogP contribution in [0.2, 0.25) is 0 Å². The van der Waals surface area contributed by atoms with Crippen molar-refractivity contribution in [2.24, 2.45) is 0 Å². The van der Waals surface area contributed by atoms with Crippen molar-refractivity contribution in [1.82, 2.24) is 19.1 Å². The number of fused-ring (bicyclic) bond motifs is 16. The van der Waals surface area contributed by atoms with Gasteiger partial charge in [-0.25, -0.2) is 9.97 Å². The largest absolute Gasteiger partial charge is 0.450 e. The molecule has 5 aromatic heterocycles. The highest BCUT2D eigenvalue weighted by Crippen LogP contribution is 2.49. The lowest BCUT2D eigenvalue weighted by Gasteiger charge is -2.15. The van der Waals surface area contributed by atoms with Crippen molar-refractivity contribution >= 4 is 109 Å². The maximum Gasteiger partial charge on any atom is 0.197 e. The monoisotopic (exact) mass is 810 g/mol. The van der Waals surface area contributed by atoms with E-state index in [0.717, 1.165) is 45.3 Å². The zero-order valence-corrected chi connectivity index (χ0v) is 34.1. The van der Waals surface area contributed by atoms with E-state index in [2.05, 4.69) is 167 Å². The molecule has 0 N–H and O–H groups in total. The van der Waals surface area contributed by atoms with Crippen LogP contribution in [0.1, 0.15) is 17.9 Å². The Kier molecular flexibility index (Phi) is 7.04. The molecule has 0 saturated carbocycles. The molecule has 5 heterocycles. The van der Waals surface area contributed by atoms with E-state index in [4.69, 9.17) is 14.4 Å². The number of para-hydroxylation sites is 3. The molecule has 1 aliphatic carbocycles. The number of benzene rings is 8. The highest BCUT2D eigenvalue weighted by molar-refractivity contribution is 7.27. The first kappa shape index (κ1) is 34.0. The number of rotatable bonds is 4. The third kappa shape index (κ3) is 4.72. The second kappa shape index (κ2) is 12.9. The lowest BCUT2D eigenvalue weighted by atomic mass is 9.90. The quantitative estimate of drug-likeness (QED) is 0.178. The van der Waals surface area contributed by atoms with Crippen LogP contribution in [0.4, 0.5) is 0 Å². The van der Waals surface area contributed by atoms with Gasteiger partial charge in [0.2, 0.25) is 0 Å². The summed E-state index contributed by atoms with van der Waals surface area (Å²) in [7, 11) is 0. The van der Waals surface area contributed by atoms with E-state index in [1.54, 1.807) is 0 Å². The first-order chi connectivity index (χ1) is 30.8. The van der Waals surface area contributed by atoms with Gasteiger partial charge < -0.3 is 8.98 Å². The lowest BCUT2D eigenvalue weighted by molar-refractivity contribution is 0.662. The van der Waals surface area contributed by atoms with Crippen molar-refractivity contribution in [2.45, 2.75) is 12.3 Å². The number of nitrogens with zero attached hydrogens (tertiary/aromatic N) is 4. The fourth-order valence-electron chi connectivity index (χ4n) is 10.3. The van der Waals surface area contributed by atoms with Gasteiger partial charge in [0.1, 0.15) is 11.1 Å². The number of hydrogen-bond donors (Lipinski definition) is 0. The zero-order chi connectivity index (χ0) is 40.5. The maximum atomic E-state index is 6.82.